The van der Waals surface area contributed by atoms with Gasteiger partial charge in [-0.1, -0.05) is 42.9 Å². The maximum absolute atomic E-state index is 2.19. The van der Waals surface area contributed by atoms with Gasteiger partial charge >= 0.3 is 0 Å². The number of allylic oxidation sites excluding steroid dienone is 6. The molecule has 1 aliphatic rings. The van der Waals surface area contributed by atoms with Crippen LogP contribution in [0.3, 0.4) is 0 Å². The topological polar surface area (TPSA) is 0 Å². The molecule has 48 valence electrons. The van der Waals surface area contributed by atoms with E-state index in [1.807, 2.05) is 0 Å². The highest BCUT2D eigenvalue weighted by Crippen LogP contribution is 2.09. The summed E-state index contributed by atoms with van der Waals surface area (Å²) in [7, 11) is 0. The fraction of sp³-hybridized carbons (Fsp3) is 0.333. The van der Waals surface area contributed by atoms with Crippen molar-refractivity contribution in [3.63, 3.8) is 0 Å². The van der Waals surface area contributed by atoms with Gasteiger partial charge in [0.25, 0.3) is 0 Å². The van der Waals surface area contributed by atoms with Crippen LogP contribution in [0.2, 0.25) is 0 Å². The lowest BCUT2D eigenvalue weighted by atomic mass is 10.1. The molecule has 0 unspecified atom stereocenters. The summed E-state index contributed by atoms with van der Waals surface area (Å²) in [6.07, 6.45) is 13.0. The van der Waals surface area contributed by atoms with E-state index in [9.17, 15) is 0 Å². The Labute approximate surface area is 56.6 Å². The van der Waals surface area contributed by atoms with Crippen LogP contribution >= 0.6 is 0 Å². The molecule has 0 spiro atoms. The van der Waals surface area contributed by atoms with E-state index in [-0.39, 0.29) is 0 Å². The highest BCUT2D eigenvalue weighted by atomic mass is 13.9. The largest absolute Gasteiger partial charge is 0.0805 e. The molecule has 0 aliphatic heterocycles. The van der Waals surface area contributed by atoms with Crippen molar-refractivity contribution in [1.82, 2.24) is 0 Å². The lowest BCUT2D eigenvalue weighted by molar-refractivity contribution is 1.03. The van der Waals surface area contributed by atoms with E-state index in [0.717, 1.165) is 6.42 Å². The zero-order valence-corrected chi connectivity index (χ0v) is 5.80. The van der Waals surface area contributed by atoms with Gasteiger partial charge in [0.1, 0.15) is 0 Å². The van der Waals surface area contributed by atoms with Gasteiger partial charge in [0, 0.05) is 0 Å². The van der Waals surface area contributed by atoms with Crippen LogP contribution in [-0.2, 0) is 0 Å². The van der Waals surface area contributed by atoms with Crippen LogP contribution in [0.1, 0.15) is 19.8 Å². The summed E-state index contributed by atoms with van der Waals surface area (Å²) in [5, 5.41) is 0. The minimum absolute atomic E-state index is 1.13. The van der Waals surface area contributed by atoms with Crippen LogP contribution < -0.4 is 0 Å². The lowest BCUT2D eigenvalue weighted by Crippen LogP contribution is -1.74. The predicted octanol–water partition coefficient (Wildman–Crippen LogP) is 2.84. The Hall–Kier alpha value is -0.780. The molecule has 9 heavy (non-hydrogen) atoms. The Morgan fingerprint density at radius 1 is 1.33 bits per heavy atom. The predicted molar refractivity (Wildman–Crippen MR) is 41.3 cm³/mol. The highest BCUT2D eigenvalue weighted by molar-refractivity contribution is 5.22. The third-order valence-electron chi connectivity index (χ3n) is 1.52. The Balaban J connectivity index is 2.62. The molecule has 0 bridgehead atoms. The molecule has 1 rings (SSSR count). The normalized spacial score (nSPS) is 17.2. The van der Waals surface area contributed by atoms with Crippen molar-refractivity contribution in [1.29, 1.82) is 0 Å². The first-order valence-corrected chi connectivity index (χ1v) is 3.44. The second kappa shape index (κ2) is 3.29. The second-order valence-corrected chi connectivity index (χ2v) is 2.20. The minimum atomic E-state index is 1.13. The van der Waals surface area contributed by atoms with Crippen molar-refractivity contribution < 1.29 is 0 Å². The van der Waals surface area contributed by atoms with Crippen LogP contribution in [0.25, 0.3) is 0 Å². The average Bonchev–Trinajstić information content (AvgIpc) is 2.13. The van der Waals surface area contributed by atoms with Crippen molar-refractivity contribution >= 4 is 0 Å². The third kappa shape index (κ3) is 1.88. The fourth-order valence-electron chi connectivity index (χ4n) is 0.884. The first-order valence-electron chi connectivity index (χ1n) is 3.44. The first-order chi connectivity index (χ1) is 4.43. The fourth-order valence-corrected chi connectivity index (χ4v) is 0.884. The lowest BCUT2D eigenvalue weighted by Gasteiger charge is -1.94. The van der Waals surface area contributed by atoms with Crippen molar-refractivity contribution in [2.75, 3.05) is 0 Å². The first kappa shape index (κ1) is 6.34. The molecular formula is C9H12. The smallest absolute Gasteiger partial charge is 0.0133 e. The Morgan fingerprint density at radius 2 is 2.22 bits per heavy atom. The molecule has 0 radical (unpaired) electrons. The summed E-state index contributed by atoms with van der Waals surface area (Å²) in [6.45, 7) is 2.19. The summed E-state index contributed by atoms with van der Waals surface area (Å²) in [5.41, 5.74) is 1.51. The van der Waals surface area contributed by atoms with E-state index in [0.29, 0.717) is 0 Å². The molecule has 0 N–H and O–H groups in total. The van der Waals surface area contributed by atoms with E-state index in [1.165, 1.54) is 12.0 Å². The molecule has 0 amide bonds. The van der Waals surface area contributed by atoms with Crippen molar-refractivity contribution in [2.24, 2.45) is 0 Å². The maximum Gasteiger partial charge on any atom is -0.0133 e. The Kier molecular flexibility index (Phi) is 2.32. The van der Waals surface area contributed by atoms with Gasteiger partial charge in [-0.15, -0.1) is 0 Å². The summed E-state index contributed by atoms with van der Waals surface area (Å²) in [5.74, 6) is 0. The van der Waals surface area contributed by atoms with Gasteiger partial charge < -0.3 is 0 Å². The molecule has 1 aliphatic carbocycles. The van der Waals surface area contributed by atoms with E-state index >= 15 is 0 Å². The number of rotatable bonds is 1. The molecule has 0 nitrogen and oxygen atoms in total. The summed E-state index contributed by atoms with van der Waals surface area (Å²) in [6, 6.07) is 0. The van der Waals surface area contributed by atoms with E-state index in [4.69, 9.17) is 0 Å². The van der Waals surface area contributed by atoms with E-state index < -0.39 is 0 Å². The zero-order valence-electron chi connectivity index (χ0n) is 5.80. The van der Waals surface area contributed by atoms with Crippen LogP contribution in [0.15, 0.2) is 36.0 Å². The highest BCUT2D eigenvalue weighted by Gasteiger charge is 1.89. The zero-order chi connectivity index (χ0) is 6.53. The number of hydrogen-bond donors (Lipinski definition) is 0. The van der Waals surface area contributed by atoms with Crippen LogP contribution in [0.5, 0.6) is 0 Å². The van der Waals surface area contributed by atoms with Crippen molar-refractivity contribution in [3.8, 4) is 0 Å². The van der Waals surface area contributed by atoms with Gasteiger partial charge in [0.2, 0.25) is 0 Å². The van der Waals surface area contributed by atoms with Crippen LogP contribution in [0, 0.1) is 0 Å². The van der Waals surface area contributed by atoms with Gasteiger partial charge in [-0.2, -0.15) is 0 Å². The van der Waals surface area contributed by atoms with Gasteiger partial charge in [-0.05, 0) is 12.8 Å². The van der Waals surface area contributed by atoms with Crippen LogP contribution in [0.4, 0.5) is 0 Å². The van der Waals surface area contributed by atoms with Crippen molar-refractivity contribution in [2.45, 2.75) is 19.8 Å². The molecule has 0 fully saturated rings. The maximum atomic E-state index is 2.19. The average molecular weight is 120 g/mol. The molecule has 0 atom stereocenters. The molecule has 0 saturated heterocycles. The molecule has 0 aromatic carbocycles. The quantitative estimate of drug-likeness (QED) is 0.499. The SMILES string of the molecule is CCC1=CC=CC=CC1. The van der Waals surface area contributed by atoms with Gasteiger partial charge in [-0.3, -0.25) is 0 Å². The van der Waals surface area contributed by atoms with Gasteiger partial charge in [0.15, 0.2) is 0 Å². The molecule has 0 saturated carbocycles. The molecule has 0 heteroatoms. The molecule has 0 aromatic heterocycles. The number of hydrogen-bond acceptors (Lipinski definition) is 0. The van der Waals surface area contributed by atoms with Gasteiger partial charge in [0.05, 0.1) is 0 Å². The standard InChI is InChI=1S/C9H12/c1-2-9-7-5-3-4-6-8-9/h3-7H,2,8H2,1H3. The monoisotopic (exact) mass is 120 g/mol. The molecule has 0 aromatic rings. The van der Waals surface area contributed by atoms with Crippen LogP contribution in [-0.4, -0.2) is 0 Å². The Bertz CT molecular complexity index is 159. The molecule has 0 heterocycles. The van der Waals surface area contributed by atoms with Crippen molar-refractivity contribution in [3.05, 3.63) is 36.0 Å². The Morgan fingerprint density at radius 3 is 3.00 bits per heavy atom. The summed E-state index contributed by atoms with van der Waals surface area (Å²) < 4.78 is 0. The molecular weight excluding hydrogens is 108 g/mol. The minimum Gasteiger partial charge on any atom is -0.0805 e. The van der Waals surface area contributed by atoms with Gasteiger partial charge in [-0.25, -0.2) is 0 Å². The summed E-state index contributed by atoms with van der Waals surface area (Å²) >= 11 is 0. The second-order valence-electron chi connectivity index (χ2n) is 2.20. The van der Waals surface area contributed by atoms with E-state index in [1.54, 1.807) is 0 Å². The third-order valence-corrected chi connectivity index (χ3v) is 1.52. The van der Waals surface area contributed by atoms with E-state index in [2.05, 4.69) is 37.3 Å². The summed E-state index contributed by atoms with van der Waals surface area (Å²) in [4.78, 5) is 0.